The number of carbonyl (C=O) groups is 1. The van der Waals surface area contributed by atoms with Crippen molar-refractivity contribution in [2.45, 2.75) is 78.4 Å². The quantitative estimate of drug-likeness (QED) is 0.398. The number of nitrogens with zero attached hydrogens (tertiary/aromatic N) is 6. The zero-order chi connectivity index (χ0) is 28.3. The van der Waals surface area contributed by atoms with Crippen LogP contribution < -0.4 is 10.5 Å². The first kappa shape index (κ1) is 29.8. The van der Waals surface area contributed by atoms with E-state index in [0.29, 0.717) is 18.5 Å². The Hall–Kier alpha value is -2.14. The van der Waals surface area contributed by atoms with Crippen molar-refractivity contribution in [2.75, 3.05) is 39.3 Å². The highest BCUT2D eigenvalue weighted by atomic mass is 35.5. The number of rotatable bonds is 11. The Morgan fingerprint density at radius 1 is 1.28 bits per heavy atom. The van der Waals surface area contributed by atoms with Gasteiger partial charge in [0.15, 0.2) is 6.17 Å². The lowest BCUT2D eigenvalue weighted by atomic mass is 9.76. The average Bonchev–Trinajstić information content (AvgIpc) is 3.31. The molecule has 1 amide bonds. The normalized spacial score (nSPS) is 23.8. The Kier molecular flexibility index (Phi) is 9.62. The van der Waals surface area contributed by atoms with Gasteiger partial charge in [0.1, 0.15) is 11.6 Å². The third-order valence-corrected chi connectivity index (χ3v) is 8.43. The molecule has 3 aliphatic rings. The van der Waals surface area contributed by atoms with E-state index in [2.05, 4.69) is 38.9 Å². The van der Waals surface area contributed by atoms with Crippen LogP contribution in [-0.4, -0.2) is 89.6 Å². The lowest BCUT2D eigenvalue weighted by Gasteiger charge is -2.53. The minimum Gasteiger partial charge on any atom is -0.462 e. The monoisotopic (exact) mass is 563 g/mol. The minimum atomic E-state index is -0.807. The second-order valence-corrected chi connectivity index (χ2v) is 12.1. The number of hydrogen-bond acceptors (Lipinski definition) is 8. The molecule has 2 N–H and O–H groups in total. The summed E-state index contributed by atoms with van der Waals surface area (Å²) in [5, 5.41) is 8.33. The lowest BCUT2D eigenvalue weighted by Crippen LogP contribution is -2.62. The van der Waals surface area contributed by atoms with Crippen LogP contribution in [0, 0.1) is 17.2 Å². The van der Waals surface area contributed by atoms with Crippen LogP contribution in [0.2, 0.25) is 0 Å². The Morgan fingerprint density at radius 3 is 2.67 bits per heavy atom. The Labute approximate surface area is 236 Å². The number of azo groups is 1. The summed E-state index contributed by atoms with van der Waals surface area (Å²) in [6, 6.07) is 4.48. The van der Waals surface area contributed by atoms with Crippen molar-refractivity contribution in [1.29, 1.82) is 0 Å². The van der Waals surface area contributed by atoms with Gasteiger partial charge in [0.05, 0.1) is 5.56 Å². The number of amidine groups is 1. The SMILES string of the molecule is CCN(C(=O)c1cc(F)ccc1OC1N=NC(Cl)=NC1N1CCC2(C1)CN([C@H](CCCN)C(C)C)C2)C(C)C. The van der Waals surface area contributed by atoms with Crippen LogP contribution in [0.4, 0.5) is 4.39 Å². The number of likely N-dealkylation sites (tertiary alicyclic amines) is 2. The third-order valence-electron chi connectivity index (χ3n) is 8.25. The Morgan fingerprint density at radius 2 is 2.03 bits per heavy atom. The molecule has 2 saturated heterocycles. The molecule has 0 aromatic heterocycles. The fourth-order valence-corrected chi connectivity index (χ4v) is 6.42. The van der Waals surface area contributed by atoms with Crippen molar-refractivity contribution in [3.63, 3.8) is 0 Å². The first-order chi connectivity index (χ1) is 18.6. The van der Waals surface area contributed by atoms with E-state index in [1.165, 1.54) is 18.2 Å². The van der Waals surface area contributed by atoms with E-state index < -0.39 is 18.2 Å². The van der Waals surface area contributed by atoms with Crippen LogP contribution in [0.5, 0.6) is 5.75 Å². The number of carbonyl (C=O) groups excluding carboxylic acids is 1. The fourth-order valence-electron chi connectivity index (χ4n) is 6.28. The predicted octanol–water partition coefficient (Wildman–Crippen LogP) is 4.56. The number of aliphatic imine (C=N–C) groups is 1. The molecule has 3 atom stereocenters. The van der Waals surface area contributed by atoms with E-state index in [9.17, 15) is 9.18 Å². The molecule has 11 heteroatoms. The first-order valence-electron chi connectivity index (χ1n) is 14.2. The highest BCUT2D eigenvalue weighted by Crippen LogP contribution is 2.43. The summed E-state index contributed by atoms with van der Waals surface area (Å²) in [5.74, 6) is 0.0387. The highest BCUT2D eigenvalue weighted by Gasteiger charge is 2.52. The van der Waals surface area contributed by atoms with Gasteiger partial charge in [0.2, 0.25) is 11.5 Å². The predicted molar refractivity (Wildman–Crippen MR) is 152 cm³/mol. The summed E-state index contributed by atoms with van der Waals surface area (Å²) in [4.78, 5) is 24.4. The molecule has 0 radical (unpaired) electrons. The van der Waals surface area contributed by atoms with Gasteiger partial charge in [-0.05, 0) is 82.3 Å². The lowest BCUT2D eigenvalue weighted by molar-refractivity contribution is -0.0452. The number of halogens is 2. The van der Waals surface area contributed by atoms with Gasteiger partial charge in [-0.1, -0.05) is 13.8 Å². The number of nitrogens with two attached hydrogens (primary N) is 1. The summed E-state index contributed by atoms with van der Waals surface area (Å²) in [6.45, 7) is 15.3. The van der Waals surface area contributed by atoms with Crippen molar-refractivity contribution in [1.82, 2.24) is 14.7 Å². The maximum Gasteiger partial charge on any atom is 0.257 e. The van der Waals surface area contributed by atoms with E-state index in [1.54, 1.807) is 4.90 Å². The van der Waals surface area contributed by atoms with Crippen LogP contribution in [0.25, 0.3) is 0 Å². The van der Waals surface area contributed by atoms with Gasteiger partial charge in [-0.2, -0.15) is 0 Å². The van der Waals surface area contributed by atoms with E-state index in [-0.39, 0.29) is 34.0 Å². The average molecular weight is 564 g/mol. The van der Waals surface area contributed by atoms with Crippen molar-refractivity contribution in [3.05, 3.63) is 29.6 Å². The van der Waals surface area contributed by atoms with Crippen LogP contribution in [-0.2, 0) is 0 Å². The summed E-state index contributed by atoms with van der Waals surface area (Å²) >= 11 is 6.20. The van der Waals surface area contributed by atoms with Crippen molar-refractivity contribution < 1.29 is 13.9 Å². The van der Waals surface area contributed by atoms with Gasteiger partial charge < -0.3 is 15.4 Å². The molecule has 1 spiro atoms. The largest absolute Gasteiger partial charge is 0.462 e. The van der Waals surface area contributed by atoms with E-state index >= 15 is 0 Å². The second-order valence-electron chi connectivity index (χ2n) is 11.7. The molecule has 3 aliphatic heterocycles. The molecule has 2 unspecified atom stereocenters. The fraction of sp³-hybridized carbons (Fsp3) is 0.714. The van der Waals surface area contributed by atoms with E-state index in [1.807, 2.05) is 20.8 Å². The number of hydrogen-bond donors (Lipinski definition) is 1. The van der Waals surface area contributed by atoms with Crippen LogP contribution in [0.1, 0.15) is 64.2 Å². The molecule has 2 fully saturated rings. The maximum absolute atomic E-state index is 14.2. The standard InChI is InChI=1S/C28H43ClFN7O2/c1-6-37(19(4)5)26(38)21-14-20(30)9-10-23(21)39-25-24(32-27(29)34-33-25)35-13-11-28(15-35)16-36(17-28)22(18(2)3)8-7-12-31/h9-10,14,18-19,22,24-25H,6-8,11-13,15-17,31H2,1-5H3/t22-,24?,25?/m1/s1. The van der Waals surface area contributed by atoms with E-state index in [4.69, 9.17) is 22.1 Å². The van der Waals surface area contributed by atoms with Crippen molar-refractivity contribution >= 4 is 22.8 Å². The number of amides is 1. The van der Waals surface area contributed by atoms with Crippen LogP contribution in [0.15, 0.2) is 33.4 Å². The van der Waals surface area contributed by atoms with Gasteiger partial charge in [-0.3, -0.25) is 14.6 Å². The molecule has 0 saturated carbocycles. The van der Waals surface area contributed by atoms with Crippen LogP contribution >= 0.6 is 11.6 Å². The molecule has 1 aromatic carbocycles. The van der Waals surface area contributed by atoms with Gasteiger partial charge in [-0.25, -0.2) is 9.38 Å². The summed E-state index contributed by atoms with van der Waals surface area (Å²) < 4.78 is 20.5. The molecule has 0 bridgehead atoms. The van der Waals surface area contributed by atoms with Gasteiger partial charge in [0, 0.05) is 50.2 Å². The summed E-state index contributed by atoms with van der Waals surface area (Å²) in [5.41, 5.74) is 6.14. The smallest absolute Gasteiger partial charge is 0.257 e. The third kappa shape index (κ3) is 6.61. The zero-order valence-corrected chi connectivity index (χ0v) is 24.6. The van der Waals surface area contributed by atoms with Gasteiger partial charge in [-0.15, -0.1) is 10.2 Å². The molecule has 1 aromatic rings. The summed E-state index contributed by atoms with van der Waals surface area (Å²) in [7, 11) is 0. The maximum atomic E-state index is 14.2. The van der Waals surface area contributed by atoms with Crippen molar-refractivity contribution in [3.8, 4) is 5.75 Å². The highest BCUT2D eigenvalue weighted by molar-refractivity contribution is 6.65. The molecule has 4 rings (SSSR count). The second kappa shape index (κ2) is 12.6. The Balaban J connectivity index is 1.48. The van der Waals surface area contributed by atoms with E-state index in [0.717, 1.165) is 52.0 Å². The molecular weight excluding hydrogens is 521 g/mol. The van der Waals surface area contributed by atoms with Gasteiger partial charge in [0.25, 0.3) is 5.91 Å². The summed E-state index contributed by atoms with van der Waals surface area (Å²) in [6.07, 6.45) is 1.93. The number of ether oxygens (including phenoxy) is 1. The topological polar surface area (TPSA) is 99.1 Å². The molecular formula is C28H43ClFN7O2. The van der Waals surface area contributed by atoms with Crippen molar-refractivity contribution in [2.24, 2.45) is 32.3 Å². The molecule has 216 valence electrons. The van der Waals surface area contributed by atoms with Gasteiger partial charge >= 0.3 is 0 Å². The first-order valence-corrected chi connectivity index (χ1v) is 14.5. The Bertz CT molecular complexity index is 1080. The van der Waals surface area contributed by atoms with Crippen LogP contribution in [0.3, 0.4) is 0 Å². The number of benzene rings is 1. The zero-order valence-electron chi connectivity index (χ0n) is 23.8. The minimum absolute atomic E-state index is 0.0439. The molecule has 39 heavy (non-hydrogen) atoms. The molecule has 3 heterocycles. The molecule has 0 aliphatic carbocycles. The molecule has 9 nitrogen and oxygen atoms in total.